The van der Waals surface area contributed by atoms with Gasteiger partial charge in [-0.15, -0.1) is 0 Å². The predicted octanol–water partition coefficient (Wildman–Crippen LogP) is 0.972. The van der Waals surface area contributed by atoms with E-state index in [1.807, 2.05) is 13.1 Å². The highest BCUT2D eigenvalue weighted by molar-refractivity contribution is 5.75. The average Bonchev–Trinajstić information content (AvgIpc) is 2.65. The molecule has 1 N–H and O–H groups in total. The molecule has 4 heteroatoms. The number of imidazole rings is 1. The lowest BCUT2D eigenvalue weighted by Crippen LogP contribution is -2.26. The van der Waals surface area contributed by atoms with Crippen LogP contribution < -0.4 is 5.32 Å². The average molecular weight is 195 g/mol. The highest BCUT2D eigenvalue weighted by Crippen LogP contribution is 1.97. The highest BCUT2D eigenvalue weighted by Gasteiger charge is 2.00. The summed E-state index contributed by atoms with van der Waals surface area (Å²) in [6.07, 6.45) is 5.21. The largest absolute Gasteiger partial charge is 0.354 e. The zero-order chi connectivity index (χ0) is 10.4. The normalized spacial score (nSPS) is 10.1. The molecule has 78 valence electrons. The molecule has 0 bridgehead atoms. The molecule has 0 spiro atoms. The number of hydrogen-bond acceptors (Lipinski definition) is 2. The Kier molecular flexibility index (Phi) is 4.16. The third-order valence-electron chi connectivity index (χ3n) is 2.11. The topological polar surface area (TPSA) is 46.9 Å². The van der Waals surface area contributed by atoms with E-state index in [0.29, 0.717) is 13.0 Å². The predicted molar refractivity (Wildman–Crippen MR) is 54.9 cm³/mol. The number of carbonyl (C=O) groups is 1. The van der Waals surface area contributed by atoms with Crippen molar-refractivity contribution in [2.75, 3.05) is 6.54 Å². The van der Waals surface area contributed by atoms with Crippen LogP contribution in [0.5, 0.6) is 0 Å². The zero-order valence-electron chi connectivity index (χ0n) is 8.79. The Hall–Kier alpha value is -1.32. The smallest absolute Gasteiger partial charge is 0.219 e. The standard InChI is InChI=1S/C10H17N3O/c1-3-9-11-5-7-13(9)8-6-12-10(14)4-2/h5,7H,3-4,6,8H2,1-2H3,(H,12,14). The Morgan fingerprint density at radius 3 is 3.00 bits per heavy atom. The van der Waals surface area contributed by atoms with Gasteiger partial charge in [0, 0.05) is 38.3 Å². The molecule has 0 unspecified atom stereocenters. The second kappa shape index (κ2) is 5.42. The van der Waals surface area contributed by atoms with Gasteiger partial charge < -0.3 is 9.88 Å². The van der Waals surface area contributed by atoms with Gasteiger partial charge >= 0.3 is 0 Å². The molecule has 1 amide bonds. The first-order valence-corrected chi connectivity index (χ1v) is 5.04. The molecule has 1 heterocycles. The van der Waals surface area contributed by atoms with Crippen molar-refractivity contribution in [2.45, 2.75) is 33.2 Å². The van der Waals surface area contributed by atoms with Crippen LogP contribution in [0.4, 0.5) is 0 Å². The number of aromatic nitrogens is 2. The highest BCUT2D eigenvalue weighted by atomic mass is 16.1. The fraction of sp³-hybridized carbons (Fsp3) is 0.600. The molecule has 0 atom stereocenters. The molecule has 0 radical (unpaired) electrons. The second-order valence-corrected chi connectivity index (χ2v) is 3.09. The van der Waals surface area contributed by atoms with E-state index in [4.69, 9.17) is 0 Å². The molecule has 1 aromatic rings. The van der Waals surface area contributed by atoms with E-state index >= 15 is 0 Å². The first-order valence-electron chi connectivity index (χ1n) is 5.04. The lowest BCUT2D eigenvalue weighted by atomic mass is 10.4. The summed E-state index contributed by atoms with van der Waals surface area (Å²) in [6, 6.07) is 0. The van der Waals surface area contributed by atoms with E-state index in [2.05, 4.69) is 21.8 Å². The molecule has 0 fully saturated rings. The summed E-state index contributed by atoms with van der Waals surface area (Å²) in [7, 11) is 0. The summed E-state index contributed by atoms with van der Waals surface area (Å²) in [4.78, 5) is 15.2. The summed E-state index contributed by atoms with van der Waals surface area (Å²) in [5.74, 6) is 1.17. The van der Waals surface area contributed by atoms with Crippen LogP contribution in [0.25, 0.3) is 0 Å². The Morgan fingerprint density at radius 2 is 2.36 bits per heavy atom. The van der Waals surface area contributed by atoms with Crippen LogP contribution in [0.3, 0.4) is 0 Å². The Labute approximate surface area is 84.3 Å². The fourth-order valence-electron chi connectivity index (χ4n) is 1.30. The van der Waals surface area contributed by atoms with Gasteiger partial charge in [0.2, 0.25) is 5.91 Å². The van der Waals surface area contributed by atoms with Crippen LogP contribution in [0.15, 0.2) is 12.4 Å². The summed E-state index contributed by atoms with van der Waals surface area (Å²) < 4.78 is 2.07. The van der Waals surface area contributed by atoms with Crippen LogP contribution in [-0.4, -0.2) is 22.0 Å². The Morgan fingerprint density at radius 1 is 1.57 bits per heavy atom. The molecule has 0 saturated carbocycles. The van der Waals surface area contributed by atoms with Crippen molar-refractivity contribution in [1.82, 2.24) is 14.9 Å². The van der Waals surface area contributed by atoms with Crippen molar-refractivity contribution in [3.05, 3.63) is 18.2 Å². The van der Waals surface area contributed by atoms with Gasteiger partial charge in [-0.1, -0.05) is 13.8 Å². The van der Waals surface area contributed by atoms with Crippen LogP contribution in [-0.2, 0) is 17.8 Å². The molecule has 1 aromatic heterocycles. The lowest BCUT2D eigenvalue weighted by molar-refractivity contribution is -0.120. The molecule has 1 rings (SSSR count). The minimum absolute atomic E-state index is 0.100. The van der Waals surface area contributed by atoms with Gasteiger partial charge in [-0.3, -0.25) is 4.79 Å². The molecular formula is C10H17N3O. The third kappa shape index (κ3) is 2.87. The summed E-state index contributed by atoms with van der Waals surface area (Å²) in [5, 5.41) is 2.83. The monoisotopic (exact) mass is 195 g/mol. The van der Waals surface area contributed by atoms with Crippen molar-refractivity contribution < 1.29 is 4.79 Å². The number of amides is 1. The summed E-state index contributed by atoms with van der Waals surface area (Å²) >= 11 is 0. The molecule has 14 heavy (non-hydrogen) atoms. The fourth-order valence-corrected chi connectivity index (χ4v) is 1.30. The first kappa shape index (κ1) is 10.8. The van der Waals surface area contributed by atoms with Crippen molar-refractivity contribution in [3.8, 4) is 0 Å². The van der Waals surface area contributed by atoms with Crippen molar-refractivity contribution in [3.63, 3.8) is 0 Å². The third-order valence-corrected chi connectivity index (χ3v) is 2.11. The number of carbonyl (C=O) groups excluding carboxylic acids is 1. The van der Waals surface area contributed by atoms with Gasteiger partial charge in [0.15, 0.2) is 0 Å². The van der Waals surface area contributed by atoms with Crippen molar-refractivity contribution >= 4 is 5.91 Å². The maximum Gasteiger partial charge on any atom is 0.219 e. The van der Waals surface area contributed by atoms with Crippen LogP contribution in [0.2, 0.25) is 0 Å². The number of aryl methyl sites for hydroxylation is 1. The lowest BCUT2D eigenvalue weighted by Gasteiger charge is -2.07. The quantitative estimate of drug-likeness (QED) is 0.761. The number of nitrogens with one attached hydrogen (secondary N) is 1. The van der Waals surface area contributed by atoms with Gasteiger partial charge in [-0.05, 0) is 0 Å². The van der Waals surface area contributed by atoms with E-state index in [1.165, 1.54) is 0 Å². The van der Waals surface area contributed by atoms with Crippen molar-refractivity contribution in [1.29, 1.82) is 0 Å². The first-order chi connectivity index (χ1) is 6.77. The van der Waals surface area contributed by atoms with Crippen LogP contribution in [0.1, 0.15) is 26.1 Å². The molecule has 0 aliphatic carbocycles. The van der Waals surface area contributed by atoms with E-state index in [1.54, 1.807) is 6.20 Å². The maximum absolute atomic E-state index is 11.0. The van der Waals surface area contributed by atoms with E-state index in [-0.39, 0.29) is 5.91 Å². The zero-order valence-corrected chi connectivity index (χ0v) is 8.79. The molecule has 4 nitrogen and oxygen atoms in total. The number of hydrogen-bond donors (Lipinski definition) is 1. The molecular weight excluding hydrogens is 178 g/mol. The van der Waals surface area contributed by atoms with Crippen LogP contribution >= 0.6 is 0 Å². The second-order valence-electron chi connectivity index (χ2n) is 3.09. The van der Waals surface area contributed by atoms with Crippen molar-refractivity contribution in [2.24, 2.45) is 0 Å². The van der Waals surface area contributed by atoms with Gasteiger partial charge in [0.05, 0.1) is 0 Å². The maximum atomic E-state index is 11.0. The molecule has 0 aromatic carbocycles. The van der Waals surface area contributed by atoms with E-state index in [0.717, 1.165) is 18.8 Å². The molecule has 0 aliphatic rings. The van der Waals surface area contributed by atoms with Gasteiger partial charge in [-0.25, -0.2) is 4.98 Å². The number of rotatable bonds is 5. The SMILES string of the molecule is CCC(=O)NCCn1ccnc1CC. The van der Waals surface area contributed by atoms with E-state index in [9.17, 15) is 4.79 Å². The van der Waals surface area contributed by atoms with Gasteiger partial charge in [0.25, 0.3) is 0 Å². The van der Waals surface area contributed by atoms with Gasteiger partial charge in [-0.2, -0.15) is 0 Å². The molecule has 0 aliphatic heterocycles. The summed E-state index contributed by atoms with van der Waals surface area (Å²) in [5.41, 5.74) is 0. The Balaban J connectivity index is 2.34. The minimum Gasteiger partial charge on any atom is -0.354 e. The minimum atomic E-state index is 0.100. The molecule has 0 saturated heterocycles. The Bertz CT molecular complexity index is 293. The number of nitrogens with zero attached hydrogens (tertiary/aromatic N) is 2. The van der Waals surface area contributed by atoms with E-state index < -0.39 is 0 Å². The summed E-state index contributed by atoms with van der Waals surface area (Å²) in [6.45, 7) is 5.40. The van der Waals surface area contributed by atoms with Gasteiger partial charge in [0.1, 0.15) is 5.82 Å². The van der Waals surface area contributed by atoms with Crippen LogP contribution in [0, 0.1) is 0 Å².